The first-order chi connectivity index (χ1) is 18.0. The molecular formula is C29H32N2O6. The highest BCUT2D eigenvalue weighted by atomic mass is 16.5. The Labute approximate surface area is 215 Å². The molecule has 1 aromatic heterocycles. The van der Waals surface area contributed by atoms with Crippen molar-refractivity contribution in [3.05, 3.63) is 70.1 Å². The third-order valence-electron chi connectivity index (χ3n) is 7.07. The highest BCUT2D eigenvalue weighted by Gasteiger charge is 2.32. The first-order valence-corrected chi connectivity index (χ1v) is 13.0. The summed E-state index contributed by atoms with van der Waals surface area (Å²) in [6.07, 6.45) is 3.02. The fourth-order valence-corrected chi connectivity index (χ4v) is 5.29. The van der Waals surface area contributed by atoms with Crippen LogP contribution >= 0.6 is 0 Å². The van der Waals surface area contributed by atoms with Crippen molar-refractivity contribution in [2.24, 2.45) is 5.92 Å². The van der Waals surface area contributed by atoms with Crippen LogP contribution in [0.2, 0.25) is 0 Å². The van der Waals surface area contributed by atoms with Gasteiger partial charge < -0.3 is 18.8 Å². The average molecular weight is 505 g/mol. The van der Waals surface area contributed by atoms with E-state index in [1.807, 2.05) is 41.3 Å². The second kappa shape index (κ2) is 11.2. The second-order valence-electron chi connectivity index (χ2n) is 9.62. The normalized spacial score (nSPS) is 17.9. The average Bonchev–Trinajstić information content (AvgIpc) is 2.92. The number of hydrogen-bond donors (Lipinski definition) is 0. The van der Waals surface area contributed by atoms with Gasteiger partial charge >= 0.3 is 11.6 Å². The van der Waals surface area contributed by atoms with Crippen LogP contribution in [0, 0.1) is 5.92 Å². The first-order valence-electron chi connectivity index (χ1n) is 13.0. The standard InChI is InChI=1S/C29H32N2O6/c1-2-35-28(33)21-10-6-14-30(17-21)18-26(32)31-15-7-11-23-24-16-22(36-19-20-8-4-3-5-9-20)12-13-25(24)37-29(34)27(23)31/h3-5,8-9,12-13,16,21H,2,6-7,10-11,14-15,17-19H2,1H3/t21-/m1/s1. The first kappa shape index (κ1) is 25.0. The third kappa shape index (κ3) is 5.54. The molecule has 37 heavy (non-hydrogen) atoms. The highest BCUT2D eigenvalue weighted by molar-refractivity contribution is 5.98. The quantitative estimate of drug-likeness (QED) is 0.356. The second-order valence-corrected chi connectivity index (χ2v) is 9.62. The predicted octanol–water partition coefficient (Wildman–Crippen LogP) is 3.93. The molecule has 0 aliphatic carbocycles. The van der Waals surface area contributed by atoms with Gasteiger partial charge in [-0.15, -0.1) is 0 Å². The molecule has 2 aliphatic heterocycles. The Morgan fingerprint density at radius 1 is 1.08 bits per heavy atom. The number of nitrogens with zero attached hydrogens (tertiary/aromatic N) is 2. The van der Waals surface area contributed by atoms with E-state index in [9.17, 15) is 14.4 Å². The molecule has 1 saturated heterocycles. The molecule has 5 rings (SSSR count). The van der Waals surface area contributed by atoms with E-state index < -0.39 is 5.63 Å². The Morgan fingerprint density at radius 2 is 1.92 bits per heavy atom. The maximum atomic E-state index is 13.4. The predicted molar refractivity (Wildman–Crippen MR) is 140 cm³/mol. The Balaban J connectivity index is 1.36. The third-order valence-corrected chi connectivity index (χ3v) is 7.07. The smallest absolute Gasteiger partial charge is 0.360 e. The van der Waals surface area contributed by atoms with Gasteiger partial charge in [-0.2, -0.15) is 0 Å². The summed E-state index contributed by atoms with van der Waals surface area (Å²) >= 11 is 0. The molecule has 0 bridgehead atoms. The molecule has 0 radical (unpaired) electrons. The lowest BCUT2D eigenvalue weighted by atomic mass is 9.97. The summed E-state index contributed by atoms with van der Waals surface area (Å²) in [5.74, 6) is 0.0848. The Bertz CT molecular complexity index is 1340. The lowest BCUT2D eigenvalue weighted by Gasteiger charge is -2.34. The van der Waals surface area contributed by atoms with Crippen LogP contribution in [-0.4, -0.2) is 49.6 Å². The number of benzene rings is 2. The molecule has 8 heteroatoms. The number of anilines is 1. The molecule has 3 heterocycles. The summed E-state index contributed by atoms with van der Waals surface area (Å²) < 4.78 is 16.8. The number of ether oxygens (including phenoxy) is 2. The number of hydrogen-bond acceptors (Lipinski definition) is 7. The maximum absolute atomic E-state index is 13.4. The van der Waals surface area contributed by atoms with E-state index in [1.54, 1.807) is 24.0 Å². The van der Waals surface area contributed by atoms with Crippen molar-refractivity contribution < 1.29 is 23.5 Å². The van der Waals surface area contributed by atoms with Crippen LogP contribution in [0.15, 0.2) is 57.7 Å². The summed E-state index contributed by atoms with van der Waals surface area (Å²) in [7, 11) is 0. The summed E-state index contributed by atoms with van der Waals surface area (Å²) in [6, 6.07) is 15.3. The summed E-state index contributed by atoms with van der Waals surface area (Å²) in [5.41, 5.74) is 2.18. The van der Waals surface area contributed by atoms with E-state index in [1.165, 1.54) is 0 Å². The minimum atomic E-state index is -0.503. The van der Waals surface area contributed by atoms with Gasteiger partial charge in [-0.3, -0.25) is 14.5 Å². The van der Waals surface area contributed by atoms with Crippen LogP contribution in [0.5, 0.6) is 5.75 Å². The van der Waals surface area contributed by atoms with Crippen molar-refractivity contribution in [1.29, 1.82) is 0 Å². The summed E-state index contributed by atoms with van der Waals surface area (Å²) in [5, 5.41) is 0.790. The zero-order chi connectivity index (χ0) is 25.8. The fourth-order valence-electron chi connectivity index (χ4n) is 5.29. The monoisotopic (exact) mass is 504 g/mol. The summed E-state index contributed by atoms with van der Waals surface area (Å²) in [6.45, 7) is 4.40. The van der Waals surface area contributed by atoms with Gasteiger partial charge in [-0.05, 0) is 68.5 Å². The van der Waals surface area contributed by atoms with Gasteiger partial charge in [0.1, 0.15) is 23.6 Å². The number of carbonyl (C=O) groups is 2. The molecule has 0 N–H and O–H groups in total. The van der Waals surface area contributed by atoms with E-state index in [-0.39, 0.29) is 24.3 Å². The van der Waals surface area contributed by atoms with E-state index >= 15 is 0 Å². The largest absolute Gasteiger partial charge is 0.489 e. The van der Waals surface area contributed by atoms with Crippen LogP contribution in [0.3, 0.4) is 0 Å². The molecule has 1 amide bonds. The number of amides is 1. The number of aryl methyl sites for hydroxylation is 1. The Hall–Kier alpha value is -3.65. The van der Waals surface area contributed by atoms with Crippen LogP contribution < -0.4 is 15.3 Å². The molecule has 2 aliphatic rings. The van der Waals surface area contributed by atoms with Crippen molar-refractivity contribution in [2.45, 2.75) is 39.2 Å². The van der Waals surface area contributed by atoms with Crippen LogP contribution in [0.1, 0.15) is 37.3 Å². The number of rotatable bonds is 7. The number of carbonyl (C=O) groups excluding carboxylic acids is 2. The van der Waals surface area contributed by atoms with E-state index in [2.05, 4.69) is 0 Å². The number of fused-ring (bicyclic) bond motifs is 3. The van der Waals surface area contributed by atoms with E-state index in [0.717, 1.165) is 42.3 Å². The topological polar surface area (TPSA) is 89.3 Å². The van der Waals surface area contributed by atoms with Gasteiger partial charge in [0.25, 0.3) is 0 Å². The molecular weight excluding hydrogens is 472 g/mol. The van der Waals surface area contributed by atoms with Gasteiger partial charge in [0, 0.05) is 18.5 Å². The minimum absolute atomic E-state index is 0.146. The van der Waals surface area contributed by atoms with Gasteiger partial charge in [0.05, 0.1) is 19.1 Å². The zero-order valence-electron chi connectivity index (χ0n) is 21.1. The van der Waals surface area contributed by atoms with Crippen molar-refractivity contribution in [3.8, 4) is 5.75 Å². The van der Waals surface area contributed by atoms with Crippen LogP contribution in [0.4, 0.5) is 5.69 Å². The van der Waals surface area contributed by atoms with Crippen LogP contribution in [0.25, 0.3) is 11.0 Å². The van der Waals surface area contributed by atoms with Crippen molar-refractivity contribution in [1.82, 2.24) is 4.90 Å². The number of likely N-dealkylation sites (tertiary alicyclic amines) is 1. The fraction of sp³-hybridized carbons (Fsp3) is 0.414. The molecule has 0 saturated carbocycles. The molecule has 2 aromatic carbocycles. The van der Waals surface area contributed by atoms with Crippen molar-refractivity contribution >= 4 is 28.5 Å². The van der Waals surface area contributed by atoms with Gasteiger partial charge in [-0.25, -0.2) is 4.79 Å². The molecule has 0 spiro atoms. The Kier molecular flexibility index (Phi) is 7.55. The molecule has 3 aromatic rings. The maximum Gasteiger partial charge on any atom is 0.360 e. The van der Waals surface area contributed by atoms with E-state index in [0.29, 0.717) is 49.7 Å². The van der Waals surface area contributed by atoms with Gasteiger partial charge in [-0.1, -0.05) is 30.3 Å². The molecule has 0 unspecified atom stereocenters. The van der Waals surface area contributed by atoms with Gasteiger partial charge in [0.15, 0.2) is 0 Å². The molecule has 1 fully saturated rings. The molecule has 1 atom stereocenters. The van der Waals surface area contributed by atoms with E-state index in [4.69, 9.17) is 13.9 Å². The van der Waals surface area contributed by atoms with Crippen molar-refractivity contribution in [3.63, 3.8) is 0 Å². The summed E-state index contributed by atoms with van der Waals surface area (Å²) in [4.78, 5) is 42.2. The SMILES string of the molecule is CCOC(=O)[C@@H]1CCCN(CC(=O)N2CCCc3c2c(=O)oc2ccc(OCc4ccccc4)cc32)C1. The van der Waals surface area contributed by atoms with Crippen molar-refractivity contribution in [2.75, 3.05) is 37.7 Å². The number of esters is 1. The zero-order valence-corrected chi connectivity index (χ0v) is 21.1. The number of piperidine rings is 1. The lowest BCUT2D eigenvalue weighted by molar-refractivity contribution is -0.150. The van der Waals surface area contributed by atoms with Crippen LogP contribution in [-0.2, 0) is 27.4 Å². The minimum Gasteiger partial charge on any atom is -0.489 e. The highest BCUT2D eigenvalue weighted by Crippen LogP contribution is 2.33. The molecule has 8 nitrogen and oxygen atoms in total. The lowest BCUT2D eigenvalue weighted by Crippen LogP contribution is -2.48. The van der Waals surface area contributed by atoms with Gasteiger partial charge in [0.2, 0.25) is 5.91 Å². The Morgan fingerprint density at radius 3 is 2.73 bits per heavy atom. The molecule has 194 valence electrons.